The Labute approximate surface area is 207 Å². The number of carbonyl (C=O) groups excluding carboxylic acids is 2. The zero-order chi connectivity index (χ0) is 25.1. The molecule has 36 heavy (non-hydrogen) atoms. The molecule has 1 N–H and O–H groups in total. The Kier molecular flexibility index (Phi) is 6.36. The second-order valence-corrected chi connectivity index (χ2v) is 8.32. The molecular formula is C27H24N4O5. The molecule has 0 bridgehead atoms. The van der Waals surface area contributed by atoms with Gasteiger partial charge in [0.05, 0.1) is 20.1 Å². The molecule has 4 aromatic rings. The minimum absolute atomic E-state index is 0.0836. The molecule has 1 saturated heterocycles. The Morgan fingerprint density at radius 2 is 1.53 bits per heavy atom. The highest BCUT2D eigenvalue weighted by Crippen LogP contribution is 2.28. The highest BCUT2D eigenvalue weighted by molar-refractivity contribution is 6.03. The molecule has 3 aromatic carbocycles. The van der Waals surface area contributed by atoms with E-state index in [1.165, 1.54) is 0 Å². The number of ether oxygens (including phenoxy) is 2. The normalized spacial score (nSPS) is 15.1. The van der Waals surface area contributed by atoms with Crippen LogP contribution in [0.5, 0.6) is 11.5 Å². The fourth-order valence-corrected chi connectivity index (χ4v) is 4.03. The van der Waals surface area contributed by atoms with Crippen molar-refractivity contribution in [1.29, 1.82) is 0 Å². The monoisotopic (exact) mass is 484 g/mol. The van der Waals surface area contributed by atoms with Gasteiger partial charge in [-0.25, -0.2) is 0 Å². The molecule has 2 heterocycles. The van der Waals surface area contributed by atoms with Crippen molar-refractivity contribution in [2.75, 3.05) is 31.0 Å². The first-order valence-corrected chi connectivity index (χ1v) is 11.4. The van der Waals surface area contributed by atoms with E-state index in [4.69, 9.17) is 14.0 Å². The number of aromatic nitrogens is 2. The Hall–Kier alpha value is -4.66. The van der Waals surface area contributed by atoms with E-state index in [-0.39, 0.29) is 18.2 Å². The predicted molar refractivity (Wildman–Crippen MR) is 134 cm³/mol. The van der Waals surface area contributed by atoms with E-state index in [0.717, 1.165) is 22.6 Å². The van der Waals surface area contributed by atoms with E-state index in [1.54, 1.807) is 55.5 Å². The van der Waals surface area contributed by atoms with E-state index in [1.807, 2.05) is 36.4 Å². The number of hydrogen-bond donors (Lipinski definition) is 1. The van der Waals surface area contributed by atoms with Crippen LogP contribution in [0.25, 0.3) is 22.8 Å². The molecule has 5 rings (SSSR count). The summed E-state index contributed by atoms with van der Waals surface area (Å²) >= 11 is 0. The van der Waals surface area contributed by atoms with Gasteiger partial charge in [-0.3, -0.25) is 9.59 Å². The van der Waals surface area contributed by atoms with Gasteiger partial charge in [-0.2, -0.15) is 4.98 Å². The number of rotatable bonds is 7. The van der Waals surface area contributed by atoms with Crippen molar-refractivity contribution in [1.82, 2.24) is 10.1 Å². The first-order valence-electron chi connectivity index (χ1n) is 11.4. The molecule has 1 aliphatic rings. The first kappa shape index (κ1) is 23.1. The van der Waals surface area contributed by atoms with Crippen molar-refractivity contribution in [3.63, 3.8) is 0 Å². The second kappa shape index (κ2) is 9.91. The van der Waals surface area contributed by atoms with Gasteiger partial charge >= 0.3 is 0 Å². The number of carbonyl (C=O) groups is 2. The van der Waals surface area contributed by atoms with Crippen LogP contribution in [0, 0.1) is 5.92 Å². The highest BCUT2D eigenvalue weighted by atomic mass is 16.5. The summed E-state index contributed by atoms with van der Waals surface area (Å²) in [7, 11) is 3.20. The molecule has 2 amide bonds. The van der Waals surface area contributed by atoms with Gasteiger partial charge in [0.2, 0.25) is 17.6 Å². The van der Waals surface area contributed by atoms with Gasteiger partial charge < -0.3 is 24.2 Å². The van der Waals surface area contributed by atoms with Crippen LogP contribution in [0.1, 0.15) is 6.42 Å². The lowest BCUT2D eigenvalue weighted by Crippen LogP contribution is -2.28. The summed E-state index contributed by atoms with van der Waals surface area (Å²) in [6.45, 7) is 0.325. The zero-order valence-electron chi connectivity index (χ0n) is 19.8. The molecule has 0 spiro atoms. The molecule has 0 unspecified atom stereocenters. The maximum absolute atomic E-state index is 12.8. The van der Waals surface area contributed by atoms with Crippen LogP contribution in [-0.2, 0) is 9.59 Å². The van der Waals surface area contributed by atoms with Crippen molar-refractivity contribution >= 4 is 23.2 Å². The van der Waals surface area contributed by atoms with Crippen LogP contribution < -0.4 is 19.7 Å². The molecule has 182 valence electrons. The average molecular weight is 485 g/mol. The average Bonchev–Trinajstić information content (AvgIpc) is 3.57. The number of benzene rings is 3. The summed E-state index contributed by atoms with van der Waals surface area (Å²) in [5.74, 6) is 1.57. The SMILES string of the molecule is COc1ccc(-c2noc(-c3ccc(NC(=O)[C@H]4CC(=O)N(c5ccc(OC)cc5)C4)cc3)n2)cc1. The van der Waals surface area contributed by atoms with Crippen molar-refractivity contribution in [3.05, 3.63) is 72.8 Å². The molecular weight excluding hydrogens is 460 g/mol. The number of nitrogens with zero attached hydrogens (tertiary/aromatic N) is 3. The smallest absolute Gasteiger partial charge is 0.258 e. The maximum atomic E-state index is 12.8. The van der Waals surface area contributed by atoms with Crippen molar-refractivity contribution in [2.45, 2.75) is 6.42 Å². The predicted octanol–water partition coefficient (Wildman–Crippen LogP) is 4.41. The third-order valence-corrected chi connectivity index (χ3v) is 6.05. The summed E-state index contributed by atoms with van der Waals surface area (Å²) in [4.78, 5) is 31.4. The third kappa shape index (κ3) is 4.76. The molecule has 1 fully saturated rings. The van der Waals surface area contributed by atoms with Gasteiger partial charge in [-0.1, -0.05) is 5.16 Å². The summed E-state index contributed by atoms with van der Waals surface area (Å²) in [6, 6.07) is 21.7. The number of hydrogen-bond acceptors (Lipinski definition) is 7. The Morgan fingerprint density at radius 1 is 0.917 bits per heavy atom. The quantitative estimate of drug-likeness (QED) is 0.414. The van der Waals surface area contributed by atoms with E-state index in [9.17, 15) is 9.59 Å². The van der Waals surface area contributed by atoms with Crippen LogP contribution in [0.3, 0.4) is 0 Å². The third-order valence-electron chi connectivity index (χ3n) is 6.05. The van der Waals surface area contributed by atoms with Crippen LogP contribution in [0.15, 0.2) is 77.3 Å². The van der Waals surface area contributed by atoms with Gasteiger partial charge in [-0.05, 0) is 72.8 Å². The Bertz CT molecular complexity index is 1360. The number of anilines is 2. The number of methoxy groups -OCH3 is 2. The zero-order valence-corrected chi connectivity index (χ0v) is 19.8. The topological polar surface area (TPSA) is 107 Å². The summed E-state index contributed by atoms with van der Waals surface area (Å²) in [5.41, 5.74) is 2.90. The van der Waals surface area contributed by atoms with E-state index < -0.39 is 5.92 Å². The molecule has 1 aromatic heterocycles. The van der Waals surface area contributed by atoms with Gasteiger partial charge in [-0.15, -0.1) is 0 Å². The maximum Gasteiger partial charge on any atom is 0.258 e. The minimum atomic E-state index is -0.442. The van der Waals surface area contributed by atoms with Crippen LogP contribution >= 0.6 is 0 Å². The molecule has 0 saturated carbocycles. The Morgan fingerprint density at radius 3 is 2.17 bits per heavy atom. The standard InChI is InChI=1S/C27H24N4O5/c1-34-22-11-5-17(6-12-22)25-29-27(36-30-25)18-3-7-20(8-4-18)28-26(33)19-15-24(32)31(16-19)21-9-13-23(35-2)14-10-21/h3-14,19H,15-16H2,1-2H3,(H,28,33)/t19-/m0/s1. The highest BCUT2D eigenvalue weighted by Gasteiger charge is 2.35. The van der Waals surface area contributed by atoms with E-state index >= 15 is 0 Å². The van der Waals surface area contributed by atoms with Crippen LogP contribution in [-0.4, -0.2) is 42.7 Å². The van der Waals surface area contributed by atoms with Crippen molar-refractivity contribution in [2.24, 2.45) is 5.92 Å². The number of amides is 2. The van der Waals surface area contributed by atoms with Gasteiger partial charge in [0.1, 0.15) is 11.5 Å². The Balaban J connectivity index is 1.22. The fraction of sp³-hybridized carbons (Fsp3) is 0.185. The summed E-state index contributed by atoms with van der Waals surface area (Å²) in [5, 5.41) is 6.95. The minimum Gasteiger partial charge on any atom is -0.497 e. The van der Waals surface area contributed by atoms with Crippen molar-refractivity contribution in [3.8, 4) is 34.3 Å². The lowest BCUT2D eigenvalue weighted by Gasteiger charge is -2.17. The van der Waals surface area contributed by atoms with Gasteiger partial charge in [0.15, 0.2) is 0 Å². The second-order valence-electron chi connectivity index (χ2n) is 8.32. The molecule has 9 heteroatoms. The summed E-state index contributed by atoms with van der Waals surface area (Å²) in [6.07, 6.45) is 0.159. The lowest BCUT2D eigenvalue weighted by atomic mass is 10.1. The van der Waals surface area contributed by atoms with Crippen LogP contribution in [0.4, 0.5) is 11.4 Å². The molecule has 0 radical (unpaired) electrons. The van der Waals surface area contributed by atoms with Gasteiger partial charge in [0, 0.05) is 35.5 Å². The molecule has 0 aliphatic carbocycles. The van der Waals surface area contributed by atoms with Gasteiger partial charge in [0.25, 0.3) is 5.89 Å². The molecule has 1 aliphatic heterocycles. The first-order chi connectivity index (χ1) is 17.5. The van der Waals surface area contributed by atoms with Crippen LogP contribution in [0.2, 0.25) is 0 Å². The summed E-state index contributed by atoms with van der Waals surface area (Å²) < 4.78 is 15.8. The van der Waals surface area contributed by atoms with Crippen molar-refractivity contribution < 1.29 is 23.6 Å². The fourth-order valence-electron chi connectivity index (χ4n) is 4.03. The number of nitrogens with one attached hydrogen (secondary N) is 1. The van der Waals surface area contributed by atoms with E-state index in [0.29, 0.717) is 29.7 Å². The molecule has 1 atom stereocenters. The van der Waals surface area contributed by atoms with E-state index in [2.05, 4.69) is 15.5 Å². The largest absolute Gasteiger partial charge is 0.497 e. The lowest BCUT2D eigenvalue weighted by molar-refractivity contribution is -0.122. The molecule has 9 nitrogen and oxygen atoms in total.